The van der Waals surface area contributed by atoms with Gasteiger partial charge in [-0.2, -0.15) is 4.37 Å². The summed E-state index contributed by atoms with van der Waals surface area (Å²) in [5, 5.41) is 10.7. The lowest BCUT2D eigenvalue weighted by Crippen LogP contribution is -2.13. The first-order valence-electron chi connectivity index (χ1n) is 5.49. The van der Waals surface area contributed by atoms with E-state index in [2.05, 4.69) is 37.1 Å². The van der Waals surface area contributed by atoms with Crippen molar-refractivity contribution in [2.75, 3.05) is 0 Å². The fourth-order valence-electron chi connectivity index (χ4n) is 1.41. The average Bonchev–Trinajstić information content (AvgIpc) is 2.50. The van der Waals surface area contributed by atoms with Crippen molar-refractivity contribution in [1.29, 1.82) is 0 Å². The second kappa shape index (κ2) is 5.56. The molecule has 0 aliphatic heterocycles. The zero-order valence-electron chi connectivity index (χ0n) is 9.90. The molecule has 1 atom stereocenters. The predicted molar refractivity (Wildman–Crippen MR) is 63.2 cm³/mol. The molecule has 0 radical (unpaired) electrons. The Kier molecular flexibility index (Phi) is 4.67. The number of aromatic nitrogens is 2. The van der Waals surface area contributed by atoms with Crippen LogP contribution in [0.25, 0.3) is 0 Å². The molecule has 15 heavy (non-hydrogen) atoms. The van der Waals surface area contributed by atoms with Gasteiger partial charge in [0, 0.05) is 12.3 Å². The Balaban J connectivity index is 2.49. The van der Waals surface area contributed by atoms with Gasteiger partial charge in [-0.15, -0.1) is 0 Å². The second-order valence-electron chi connectivity index (χ2n) is 4.69. The van der Waals surface area contributed by atoms with Gasteiger partial charge in [-0.1, -0.05) is 27.7 Å². The monoisotopic (exact) mass is 228 g/mol. The predicted octanol–water partition coefficient (Wildman–Crippen LogP) is 2.61. The molecule has 4 heteroatoms. The van der Waals surface area contributed by atoms with Crippen LogP contribution in [0.1, 0.15) is 50.9 Å². The summed E-state index contributed by atoms with van der Waals surface area (Å²) in [4.78, 5) is 4.40. The van der Waals surface area contributed by atoms with E-state index in [4.69, 9.17) is 0 Å². The highest BCUT2D eigenvalue weighted by Gasteiger charge is 2.13. The molecule has 1 unspecified atom stereocenters. The minimum absolute atomic E-state index is 0.280. The van der Waals surface area contributed by atoms with Crippen molar-refractivity contribution in [1.82, 2.24) is 9.36 Å². The van der Waals surface area contributed by atoms with E-state index < -0.39 is 0 Å². The standard InChI is InChI=1S/C11H20N2OS/c1-7(2)5-9(14)6-10-12-11(8(3)4)13-15-10/h7-9,14H,5-6H2,1-4H3. The molecule has 0 saturated heterocycles. The average molecular weight is 228 g/mol. The van der Waals surface area contributed by atoms with Crippen molar-refractivity contribution in [2.45, 2.75) is 52.6 Å². The molecule has 3 nitrogen and oxygen atoms in total. The van der Waals surface area contributed by atoms with Crippen molar-refractivity contribution in [3.8, 4) is 0 Å². The quantitative estimate of drug-likeness (QED) is 0.842. The minimum Gasteiger partial charge on any atom is -0.393 e. The SMILES string of the molecule is CC(C)CC(O)Cc1nc(C(C)C)ns1. The van der Waals surface area contributed by atoms with Crippen molar-refractivity contribution in [2.24, 2.45) is 5.92 Å². The van der Waals surface area contributed by atoms with Gasteiger partial charge in [-0.3, -0.25) is 0 Å². The molecule has 0 aliphatic rings. The molecule has 0 fully saturated rings. The van der Waals surface area contributed by atoms with Crippen LogP contribution in [0, 0.1) is 5.92 Å². The van der Waals surface area contributed by atoms with Gasteiger partial charge in [0.25, 0.3) is 0 Å². The van der Waals surface area contributed by atoms with Crippen LogP contribution in [0.4, 0.5) is 0 Å². The maximum atomic E-state index is 9.76. The Morgan fingerprint density at radius 2 is 1.93 bits per heavy atom. The Labute approximate surface area is 95.7 Å². The summed E-state index contributed by atoms with van der Waals surface area (Å²) < 4.78 is 4.27. The number of hydrogen-bond donors (Lipinski definition) is 1. The largest absolute Gasteiger partial charge is 0.393 e. The van der Waals surface area contributed by atoms with Crippen molar-refractivity contribution in [3.63, 3.8) is 0 Å². The normalized spacial score (nSPS) is 13.8. The van der Waals surface area contributed by atoms with Gasteiger partial charge in [-0.25, -0.2) is 4.98 Å². The summed E-state index contributed by atoms with van der Waals surface area (Å²) in [6.45, 7) is 8.39. The molecule has 1 rings (SSSR count). The zero-order chi connectivity index (χ0) is 11.4. The van der Waals surface area contributed by atoms with E-state index in [-0.39, 0.29) is 6.10 Å². The Bertz CT molecular complexity index is 297. The third-order valence-electron chi connectivity index (χ3n) is 2.15. The highest BCUT2D eigenvalue weighted by atomic mass is 32.1. The van der Waals surface area contributed by atoms with Gasteiger partial charge in [-0.05, 0) is 23.9 Å². The molecule has 0 aliphatic carbocycles. The van der Waals surface area contributed by atoms with Crippen LogP contribution in [0.3, 0.4) is 0 Å². The number of aliphatic hydroxyl groups is 1. The summed E-state index contributed by atoms with van der Waals surface area (Å²) in [5.74, 6) is 1.79. The lowest BCUT2D eigenvalue weighted by molar-refractivity contribution is 0.149. The first kappa shape index (κ1) is 12.6. The smallest absolute Gasteiger partial charge is 0.145 e. The fraction of sp³-hybridized carbons (Fsp3) is 0.818. The summed E-state index contributed by atoms with van der Waals surface area (Å²) >= 11 is 1.41. The molecule has 86 valence electrons. The molecule has 0 bridgehead atoms. The molecule has 1 heterocycles. The topological polar surface area (TPSA) is 46.0 Å². The van der Waals surface area contributed by atoms with Gasteiger partial charge in [0.2, 0.25) is 0 Å². The van der Waals surface area contributed by atoms with Gasteiger partial charge < -0.3 is 5.11 Å². The second-order valence-corrected chi connectivity index (χ2v) is 5.52. The van der Waals surface area contributed by atoms with Crippen molar-refractivity contribution >= 4 is 11.5 Å². The van der Waals surface area contributed by atoms with Crippen LogP contribution >= 0.6 is 11.5 Å². The molecule has 1 aromatic rings. The summed E-state index contributed by atoms with van der Waals surface area (Å²) in [6.07, 6.45) is 1.19. The molecule has 0 spiro atoms. The minimum atomic E-state index is -0.280. The Morgan fingerprint density at radius 1 is 1.27 bits per heavy atom. The maximum absolute atomic E-state index is 9.76. The lowest BCUT2D eigenvalue weighted by atomic mass is 10.0. The van der Waals surface area contributed by atoms with Crippen LogP contribution in [0.5, 0.6) is 0 Å². The van der Waals surface area contributed by atoms with Gasteiger partial charge >= 0.3 is 0 Å². The highest BCUT2D eigenvalue weighted by molar-refractivity contribution is 7.05. The van der Waals surface area contributed by atoms with Crippen LogP contribution in [0.15, 0.2) is 0 Å². The third-order valence-corrected chi connectivity index (χ3v) is 2.90. The molecule has 1 N–H and O–H groups in total. The Hall–Kier alpha value is -0.480. The summed E-state index contributed by atoms with van der Waals surface area (Å²) in [5.41, 5.74) is 0. The van der Waals surface area contributed by atoms with E-state index in [1.54, 1.807) is 0 Å². The Morgan fingerprint density at radius 3 is 2.40 bits per heavy atom. The summed E-state index contributed by atoms with van der Waals surface area (Å²) in [7, 11) is 0. The first-order valence-corrected chi connectivity index (χ1v) is 6.27. The molecule has 1 aromatic heterocycles. The van der Waals surface area contributed by atoms with Crippen LogP contribution in [0.2, 0.25) is 0 Å². The van der Waals surface area contributed by atoms with E-state index in [1.165, 1.54) is 11.5 Å². The van der Waals surface area contributed by atoms with E-state index >= 15 is 0 Å². The van der Waals surface area contributed by atoms with E-state index in [9.17, 15) is 5.11 Å². The maximum Gasteiger partial charge on any atom is 0.145 e. The molecular formula is C11H20N2OS. The molecule has 0 amide bonds. The lowest BCUT2D eigenvalue weighted by Gasteiger charge is -2.10. The van der Waals surface area contributed by atoms with E-state index in [1.807, 2.05) is 0 Å². The number of aliphatic hydroxyl groups excluding tert-OH is 1. The van der Waals surface area contributed by atoms with E-state index in [0.717, 1.165) is 17.3 Å². The van der Waals surface area contributed by atoms with Crippen LogP contribution < -0.4 is 0 Å². The number of nitrogens with zero attached hydrogens (tertiary/aromatic N) is 2. The third kappa shape index (κ3) is 4.26. The van der Waals surface area contributed by atoms with Crippen LogP contribution in [-0.4, -0.2) is 20.6 Å². The van der Waals surface area contributed by atoms with Gasteiger partial charge in [0.1, 0.15) is 10.8 Å². The fourth-order valence-corrected chi connectivity index (χ4v) is 2.27. The van der Waals surface area contributed by atoms with E-state index in [0.29, 0.717) is 18.3 Å². The number of hydrogen-bond acceptors (Lipinski definition) is 4. The summed E-state index contributed by atoms with van der Waals surface area (Å²) in [6, 6.07) is 0. The first-order chi connectivity index (χ1) is 6.99. The van der Waals surface area contributed by atoms with Gasteiger partial charge in [0.15, 0.2) is 0 Å². The van der Waals surface area contributed by atoms with Crippen LogP contribution in [-0.2, 0) is 6.42 Å². The van der Waals surface area contributed by atoms with Crippen molar-refractivity contribution in [3.05, 3.63) is 10.8 Å². The zero-order valence-corrected chi connectivity index (χ0v) is 10.7. The molecule has 0 saturated carbocycles. The number of rotatable bonds is 5. The van der Waals surface area contributed by atoms with Crippen molar-refractivity contribution < 1.29 is 5.11 Å². The van der Waals surface area contributed by atoms with Gasteiger partial charge in [0.05, 0.1) is 6.10 Å². The molecular weight excluding hydrogens is 208 g/mol. The highest BCUT2D eigenvalue weighted by Crippen LogP contribution is 2.16. The molecule has 0 aromatic carbocycles.